The maximum absolute atomic E-state index is 14.0. The molecule has 0 heterocycles. The third kappa shape index (κ3) is 4.30. The van der Waals surface area contributed by atoms with Gasteiger partial charge in [-0.25, -0.2) is 12.8 Å². The van der Waals surface area contributed by atoms with Crippen LogP contribution >= 0.6 is 0 Å². The van der Waals surface area contributed by atoms with Gasteiger partial charge in [0.2, 0.25) is 0 Å². The molecule has 0 radical (unpaired) electrons. The van der Waals surface area contributed by atoms with E-state index < -0.39 is 60.4 Å². The average molecular weight is 469 g/mol. The van der Waals surface area contributed by atoms with Gasteiger partial charge in [-0.2, -0.15) is 26.3 Å². The molecular weight excluding hydrogens is 451 g/mol. The first-order valence-corrected chi connectivity index (χ1v) is 10.7. The maximum atomic E-state index is 14.0. The zero-order chi connectivity index (χ0) is 23.2. The van der Waals surface area contributed by atoms with Gasteiger partial charge in [-0.3, -0.25) is 0 Å². The smallest absolute Gasteiger partial charge is 0.328 e. The van der Waals surface area contributed by atoms with Crippen LogP contribution in [-0.4, -0.2) is 14.5 Å². The summed E-state index contributed by atoms with van der Waals surface area (Å²) in [7, 11) is -4.65. The molecule has 0 bridgehead atoms. The van der Waals surface area contributed by atoms with Crippen LogP contribution in [0.5, 0.6) is 0 Å². The molecule has 1 aliphatic carbocycles. The minimum absolute atomic E-state index is 0.0493. The van der Waals surface area contributed by atoms with Gasteiger partial charge in [0.15, 0.2) is 9.84 Å². The second-order valence-electron chi connectivity index (χ2n) is 7.54. The van der Waals surface area contributed by atoms with Crippen molar-refractivity contribution in [2.75, 3.05) is 0 Å². The number of hydrogen-bond donors (Lipinski definition) is 1. The molecule has 2 N–H and O–H groups in total. The fraction of sp³-hybridized carbons (Fsp3) is 0.400. The second kappa shape index (κ2) is 7.77. The summed E-state index contributed by atoms with van der Waals surface area (Å²) in [5.41, 5.74) is 2.65. The van der Waals surface area contributed by atoms with E-state index in [1.54, 1.807) is 0 Å². The molecule has 0 amide bonds. The second-order valence-corrected chi connectivity index (χ2v) is 9.80. The van der Waals surface area contributed by atoms with Gasteiger partial charge >= 0.3 is 12.4 Å². The van der Waals surface area contributed by atoms with E-state index in [1.807, 2.05) is 0 Å². The molecule has 2 aromatic carbocycles. The molecule has 3 nitrogen and oxygen atoms in total. The zero-order valence-electron chi connectivity index (χ0n) is 15.9. The Hall–Kier alpha value is -2.14. The Kier molecular flexibility index (Phi) is 5.90. The number of nitrogens with two attached hydrogens (primary N) is 1. The lowest BCUT2D eigenvalue weighted by Crippen LogP contribution is -2.44. The standard InChI is InChI=1S/C20H18F7NO2S/c21-13-3-6-16(20(25,26)27)17(11-13)18(9-7-14(28)8-10-18)31(29,30)15-4-1-12(2-5-15)19(22,23)24/h1-6,11,14H,7-10,28H2/t14-,18+. The molecule has 170 valence electrons. The SMILES string of the molecule is N[C@H]1CC[C@@](c2cc(F)ccc2C(F)(F)F)(S(=O)(=O)c2ccc(C(F)(F)F)cc2)CC1. The van der Waals surface area contributed by atoms with Crippen molar-refractivity contribution >= 4 is 9.84 Å². The van der Waals surface area contributed by atoms with Crippen molar-refractivity contribution in [3.8, 4) is 0 Å². The minimum atomic E-state index is -4.97. The van der Waals surface area contributed by atoms with E-state index in [0.29, 0.717) is 42.5 Å². The summed E-state index contributed by atoms with van der Waals surface area (Å²) in [6.07, 6.45) is -10.2. The van der Waals surface area contributed by atoms with Crippen LogP contribution in [0, 0.1) is 5.82 Å². The molecule has 2 aromatic rings. The Balaban J connectivity index is 2.24. The van der Waals surface area contributed by atoms with Crippen molar-refractivity contribution in [3.05, 3.63) is 65.0 Å². The minimum Gasteiger partial charge on any atom is -0.328 e. The lowest BCUT2D eigenvalue weighted by Gasteiger charge is -2.40. The van der Waals surface area contributed by atoms with Crippen LogP contribution in [0.15, 0.2) is 47.4 Å². The van der Waals surface area contributed by atoms with Gasteiger partial charge < -0.3 is 5.73 Å². The van der Waals surface area contributed by atoms with E-state index in [0.717, 1.165) is 0 Å². The molecule has 0 spiro atoms. The molecule has 3 rings (SSSR count). The lowest BCUT2D eigenvalue weighted by molar-refractivity contribution is -0.139. The molecule has 0 aliphatic heterocycles. The lowest BCUT2D eigenvalue weighted by atomic mass is 9.79. The first-order chi connectivity index (χ1) is 14.2. The summed E-state index contributed by atoms with van der Waals surface area (Å²) in [6, 6.07) is 3.65. The summed E-state index contributed by atoms with van der Waals surface area (Å²) in [5.74, 6) is -1.06. The number of hydrogen-bond acceptors (Lipinski definition) is 3. The van der Waals surface area contributed by atoms with Crippen molar-refractivity contribution in [1.29, 1.82) is 0 Å². The van der Waals surface area contributed by atoms with Crippen LogP contribution < -0.4 is 5.73 Å². The third-order valence-corrected chi connectivity index (χ3v) is 8.17. The van der Waals surface area contributed by atoms with Crippen molar-refractivity contribution in [2.45, 2.75) is 53.7 Å². The van der Waals surface area contributed by atoms with E-state index in [2.05, 4.69) is 0 Å². The van der Waals surface area contributed by atoms with Crippen molar-refractivity contribution in [3.63, 3.8) is 0 Å². The molecule has 1 saturated carbocycles. The largest absolute Gasteiger partial charge is 0.416 e. The summed E-state index contributed by atoms with van der Waals surface area (Å²) in [5, 5.41) is 0. The molecule has 0 saturated heterocycles. The van der Waals surface area contributed by atoms with Gasteiger partial charge in [0, 0.05) is 6.04 Å². The highest BCUT2D eigenvalue weighted by molar-refractivity contribution is 7.92. The van der Waals surface area contributed by atoms with Crippen LogP contribution in [-0.2, 0) is 26.9 Å². The highest BCUT2D eigenvalue weighted by Crippen LogP contribution is 2.50. The van der Waals surface area contributed by atoms with Gasteiger partial charge in [-0.1, -0.05) is 0 Å². The molecule has 31 heavy (non-hydrogen) atoms. The predicted octanol–water partition coefficient (Wildman–Crippen LogP) is 5.43. The number of benzene rings is 2. The predicted molar refractivity (Wildman–Crippen MR) is 98.2 cm³/mol. The van der Waals surface area contributed by atoms with E-state index in [-0.39, 0.29) is 25.7 Å². The monoisotopic (exact) mass is 469 g/mol. The molecular formula is C20H18F7NO2S. The van der Waals surface area contributed by atoms with Gasteiger partial charge in [0.05, 0.1) is 16.0 Å². The normalized spacial score (nSPS) is 23.0. The molecule has 0 aromatic heterocycles. The third-order valence-electron chi connectivity index (χ3n) is 5.62. The van der Waals surface area contributed by atoms with Crippen LogP contribution in [0.25, 0.3) is 0 Å². The highest BCUT2D eigenvalue weighted by atomic mass is 32.2. The summed E-state index contributed by atoms with van der Waals surface area (Å²) in [4.78, 5) is -0.576. The van der Waals surface area contributed by atoms with E-state index in [4.69, 9.17) is 5.73 Å². The molecule has 1 aliphatic rings. The number of sulfone groups is 1. The Morgan fingerprint density at radius 2 is 1.42 bits per heavy atom. The molecule has 0 unspecified atom stereocenters. The molecule has 11 heteroatoms. The van der Waals surface area contributed by atoms with Gasteiger partial charge in [-0.05, 0) is 73.7 Å². The number of halogens is 7. The molecule has 0 atom stereocenters. The van der Waals surface area contributed by atoms with Gasteiger partial charge in [0.25, 0.3) is 0 Å². The average Bonchev–Trinajstić information content (AvgIpc) is 2.67. The Labute approximate surface area is 174 Å². The van der Waals surface area contributed by atoms with Crippen molar-refractivity contribution in [2.24, 2.45) is 5.73 Å². The fourth-order valence-electron chi connectivity index (χ4n) is 3.98. The van der Waals surface area contributed by atoms with Gasteiger partial charge in [-0.15, -0.1) is 0 Å². The summed E-state index contributed by atoms with van der Waals surface area (Å²) < 4.78 is 119. The van der Waals surface area contributed by atoms with Crippen LogP contribution in [0.3, 0.4) is 0 Å². The fourth-order valence-corrected chi connectivity index (χ4v) is 6.16. The van der Waals surface area contributed by atoms with E-state index in [9.17, 15) is 39.2 Å². The number of rotatable bonds is 3. The highest BCUT2D eigenvalue weighted by Gasteiger charge is 2.52. The zero-order valence-corrected chi connectivity index (χ0v) is 16.7. The quantitative estimate of drug-likeness (QED) is 0.610. The first-order valence-electron chi connectivity index (χ1n) is 9.23. The van der Waals surface area contributed by atoms with Crippen LogP contribution in [0.2, 0.25) is 0 Å². The Morgan fingerprint density at radius 3 is 1.90 bits per heavy atom. The van der Waals surface area contributed by atoms with Crippen LogP contribution in [0.4, 0.5) is 30.7 Å². The Bertz CT molecular complexity index is 1050. The van der Waals surface area contributed by atoms with E-state index in [1.165, 1.54) is 0 Å². The summed E-state index contributed by atoms with van der Waals surface area (Å²) >= 11 is 0. The topological polar surface area (TPSA) is 60.2 Å². The van der Waals surface area contributed by atoms with E-state index >= 15 is 0 Å². The van der Waals surface area contributed by atoms with Crippen molar-refractivity contribution in [1.82, 2.24) is 0 Å². The Morgan fingerprint density at radius 1 is 0.871 bits per heavy atom. The van der Waals surface area contributed by atoms with Crippen molar-refractivity contribution < 1.29 is 39.2 Å². The maximum Gasteiger partial charge on any atom is 0.416 e. The van der Waals surface area contributed by atoms with Crippen LogP contribution in [0.1, 0.15) is 42.4 Å². The first kappa shape index (κ1) is 23.5. The molecule has 1 fully saturated rings. The number of alkyl halides is 6. The van der Waals surface area contributed by atoms with Gasteiger partial charge in [0.1, 0.15) is 10.6 Å². The summed E-state index contributed by atoms with van der Waals surface area (Å²) in [6.45, 7) is 0.